The van der Waals surface area contributed by atoms with Crippen LogP contribution in [0.4, 0.5) is 0 Å². The molecular formula is C6H7NO4S. The normalized spacial score (nSPS) is 11.4. The molecule has 0 aromatic heterocycles. The van der Waals surface area contributed by atoms with Gasteiger partial charge in [0.15, 0.2) is 0 Å². The van der Waals surface area contributed by atoms with Crippen molar-refractivity contribution in [1.82, 2.24) is 4.89 Å². The van der Waals surface area contributed by atoms with Crippen LogP contribution >= 0.6 is 0 Å². The zero-order chi connectivity index (χ0) is 9.19. The van der Waals surface area contributed by atoms with Gasteiger partial charge < -0.3 is 10.3 Å². The second-order valence-corrected chi connectivity index (χ2v) is 3.75. The third-order valence-electron chi connectivity index (χ3n) is 1.27. The Morgan fingerprint density at radius 3 is 2.08 bits per heavy atom. The molecule has 0 unspecified atom stereocenters. The average molecular weight is 189 g/mol. The van der Waals surface area contributed by atoms with Crippen LogP contribution in [-0.4, -0.2) is 18.7 Å². The highest BCUT2D eigenvalue weighted by atomic mass is 32.2. The maximum absolute atomic E-state index is 10.9. The van der Waals surface area contributed by atoms with Gasteiger partial charge in [0.05, 0.1) is 4.90 Å². The summed E-state index contributed by atoms with van der Waals surface area (Å²) in [6.45, 7) is 0. The number of phenolic OH excluding ortho intramolecular Hbond substituents is 1. The molecule has 3 N–H and O–H groups in total. The highest BCUT2D eigenvalue weighted by Crippen LogP contribution is 2.13. The van der Waals surface area contributed by atoms with Gasteiger partial charge in [-0.1, -0.05) is 4.89 Å². The van der Waals surface area contributed by atoms with Crippen LogP contribution in [0.1, 0.15) is 0 Å². The van der Waals surface area contributed by atoms with E-state index >= 15 is 0 Å². The molecule has 0 aliphatic rings. The molecule has 0 aliphatic carbocycles. The first-order valence-electron chi connectivity index (χ1n) is 3.01. The first-order chi connectivity index (χ1) is 5.56. The first-order valence-corrected chi connectivity index (χ1v) is 4.49. The summed E-state index contributed by atoms with van der Waals surface area (Å²) in [5.74, 6) is -0.0353. The predicted octanol–water partition coefficient (Wildman–Crippen LogP) is 0.0597. The van der Waals surface area contributed by atoms with Gasteiger partial charge in [-0.2, -0.15) is 0 Å². The quantitative estimate of drug-likeness (QED) is 0.574. The Hall–Kier alpha value is -1.11. The van der Waals surface area contributed by atoms with E-state index in [1.54, 1.807) is 0 Å². The van der Waals surface area contributed by atoms with Crippen LogP contribution < -0.4 is 4.89 Å². The van der Waals surface area contributed by atoms with Gasteiger partial charge in [0.1, 0.15) is 5.75 Å². The molecule has 0 bridgehead atoms. The van der Waals surface area contributed by atoms with Crippen molar-refractivity contribution >= 4 is 10.0 Å². The molecule has 0 fully saturated rings. The number of sulfonamides is 1. The number of aromatic hydroxyl groups is 1. The fourth-order valence-corrected chi connectivity index (χ4v) is 1.28. The Balaban J connectivity index is 3.14. The summed E-state index contributed by atoms with van der Waals surface area (Å²) in [4.78, 5) is 1.06. The van der Waals surface area contributed by atoms with Crippen LogP contribution in [0.3, 0.4) is 0 Å². The Kier molecular flexibility index (Phi) is 2.32. The predicted molar refractivity (Wildman–Crippen MR) is 40.2 cm³/mol. The van der Waals surface area contributed by atoms with Crippen LogP contribution in [0, 0.1) is 0 Å². The molecule has 0 aliphatic heterocycles. The molecular weight excluding hydrogens is 182 g/mol. The number of nitrogens with one attached hydrogen (secondary N) is 1. The molecule has 6 heteroatoms. The van der Waals surface area contributed by atoms with E-state index in [0.717, 1.165) is 0 Å². The van der Waals surface area contributed by atoms with E-state index in [9.17, 15) is 8.42 Å². The molecule has 0 heterocycles. The highest BCUT2D eigenvalue weighted by molar-refractivity contribution is 7.89. The topological polar surface area (TPSA) is 86.6 Å². The monoisotopic (exact) mass is 189 g/mol. The van der Waals surface area contributed by atoms with Crippen LogP contribution in [0.5, 0.6) is 5.75 Å². The van der Waals surface area contributed by atoms with Gasteiger partial charge in [0.25, 0.3) is 10.0 Å². The zero-order valence-corrected chi connectivity index (χ0v) is 6.75. The number of rotatable bonds is 2. The lowest BCUT2D eigenvalue weighted by molar-refractivity contribution is 0.242. The van der Waals surface area contributed by atoms with Gasteiger partial charge in [-0.15, -0.1) is 0 Å². The van der Waals surface area contributed by atoms with Crippen molar-refractivity contribution in [2.45, 2.75) is 4.90 Å². The van der Waals surface area contributed by atoms with E-state index in [1.807, 2.05) is 0 Å². The molecule has 0 atom stereocenters. The van der Waals surface area contributed by atoms with Gasteiger partial charge in [-0.25, -0.2) is 8.42 Å². The minimum Gasteiger partial charge on any atom is -0.508 e. The van der Waals surface area contributed by atoms with Crippen molar-refractivity contribution < 1.29 is 18.7 Å². The summed E-state index contributed by atoms with van der Waals surface area (Å²) in [6.07, 6.45) is 0. The van der Waals surface area contributed by atoms with Gasteiger partial charge in [-0.05, 0) is 24.3 Å². The third-order valence-corrected chi connectivity index (χ3v) is 2.40. The van der Waals surface area contributed by atoms with E-state index in [-0.39, 0.29) is 10.6 Å². The summed E-state index contributed by atoms with van der Waals surface area (Å²) in [5.41, 5.74) is 0. The third kappa shape index (κ3) is 1.73. The van der Waals surface area contributed by atoms with Crippen LogP contribution in [0.25, 0.3) is 0 Å². The van der Waals surface area contributed by atoms with E-state index in [2.05, 4.69) is 0 Å². The maximum Gasteiger partial charge on any atom is 0.262 e. The van der Waals surface area contributed by atoms with Crippen molar-refractivity contribution in [3.05, 3.63) is 24.3 Å². The number of benzene rings is 1. The molecule has 5 nitrogen and oxygen atoms in total. The van der Waals surface area contributed by atoms with Gasteiger partial charge >= 0.3 is 0 Å². The molecule has 0 radical (unpaired) electrons. The summed E-state index contributed by atoms with van der Waals surface area (Å²) < 4.78 is 21.7. The minimum atomic E-state index is -3.82. The molecule has 66 valence electrons. The Morgan fingerprint density at radius 1 is 1.17 bits per heavy atom. The molecule has 1 aromatic carbocycles. The Morgan fingerprint density at radius 2 is 1.67 bits per heavy atom. The second-order valence-electron chi connectivity index (χ2n) is 2.09. The number of hydrogen-bond donors (Lipinski definition) is 3. The molecule has 0 saturated carbocycles. The molecule has 0 amide bonds. The molecule has 0 spiro atoms. The first kappa shape index (κ1) is 8.98. The summed E-state index contributed by atoms with van der Waals surface area (Å²) in [7, 11) is -3.82. The van der Waals surface area contributed by atoms with Crippen molar-refractivity contribution in [3.63, 3.8) is 0 Å². The van der Waals surface area contributed by atoms with Gasteiger partial charge in [0.2, 0.25) is 0 Å². The van der Waals surface area contributed by atoms with Gasteiger partial charge in [0, 0.05) is 0 Å². The minimum absolute atomic E-state index is 0.0353. The van der Waals surface area contributed by atoms with Crippen molar-refractivity contribution in [2.24, 2.45) is 0 Å². The SMILES string of the molecule is O=S(=O)(NO)c1ccc(O)cc1. The average Bonchev–Trinajstić information content (AvgIpc) is 2.05. The second kappa shape index (κ2) is 3.10. The van der Waals surface area contributed by atoms with E-state index < -0.39 is 10.0 Å². The summed E-state index contributed by atoms with van der Waals surface area (Å²) in [6, 6.07) is 4.77. The Labute approximate surface area is 69.3 Å². The van der Waals surface area contributed by atoms with E-state index in [1.165, 1.54) is 29.2 Å². The molecule has 1 aromatic rings. The van der Waals surface area contributed by atoms with E-state index in [4.69, 9.17) is 10.3 Å². The lowest BCUT2D eigenvalue weighted by Gasteiger charge is -1.99. The van der Waals surface area contributed by atoms with E-state index in [0.29, 0.717) is 0 Å². The summed E-state index contributed by atoms with van der Waals surface area (Å²) in [5, 5.41) is 17.0. The standard InChI is InChI=1S/C6H7NO4S/c8-5-1-3-6(4-2-5)12(10,11)7-9/h1-4,7-9H. The van der Waals surface area contributed by atoms with Crippen LogP contribution in [0.15, 0.2) is 29.2 Å². The number of hydrogen-bond acceptors (Lipinski definition) is 4. The highest BCUT2D eigenvalue weighted by Gasteiger charge is 2.10. The van der Waals surface area contributed by atoms with Crippen LogP contribution in [-0.2, 0) is 10.0 Å². The van der Waals surface area contributed by atoms with Gasteiger partial charge in [-0.3, -0.25) is 0 Å². The fourth-order valence-electron chi connectivity index (χ4n) is 0.678. The Bertz CT molecular complexity index is 356. The van der Waals surface area contributed by atoms with Crippen LogP contribution in [0.2, 0.25) is 0 Å². The zero-order valence-electron chi connectivity index (χ0n) is 5.93. The lowest BCUT2D eigenvalue weighted by Crippen LogP contribution is -2.18. The largest absolute Gasteiger partial charge is 0.508 e. The number of phenols is 1. The van der Waals surface area contributed by atoms with Crippen molar-refractivity contribution in [1.29, 1.82) is 0 Å². The fraction of sp³-hybridized carbons (Fsp3) is 0. The smallest absolute Gasteiger partial charge is 0.262 e. The van der Waals surface area contributed by atoms with Crippen molar-refractivity contribution in [2.75, 3.05) is 0 Å². The molecule has 12 heavy (non-hydrogen) atoms. The maximum atomic E-state index is 10.9. The molecule has 0 saturated heterocycles. The molecule has 1 rings (SSSR count). The van der Waals surface area contributed by atoms with Crippen molar-refractivity contribution in [3.8, 4) is 5.75 Å². The summed E-state index contributed by atoms with van der Waals surface area (Å²) >= 11 is 0. The lowest BCUT2D eigenvalue weighted by atomic mass is 10.3.